The number of esters is 1. The van der Waals surface area contributed by atoms with Crippen molar-refractivity contribution in [1.29, 1.82) is 0 Å². The minimum absolute atomic E-state index is 0.0267. The van der Waals surface area contributed by atoms with Gasteiger partial charge in [-0.25, -0.2) is 9.55 Å². The van der Waals surface area contributed by atoms with Crippen LogP contribution in [0.1, 0.15) is 19.2 Å². The Morgan fingerprint density at radius 2 is 1.88 bits per heavy atom. The molecule has 0 aliphatic carbocycles. The van der Waals surface area contributed by atoms with E-state index in [0.717, 1.165) is 0 Å². The molecule has 0 saturated heterocycles. The Morgan fingerprint density at radius 3 is 2.28 bits per heavy atom. The van der Waals surface area contributed by atoms with Crippen LogP contribution in [0.25, 0.3) is 10.6 Å². The minimum Gasteiger partial charge on any atom is -0.481 e. The number of carboxylic acid groups (broad SMARTS) is 1. The summed E-state index contributed by atoms with van der Waals surface area (Å²) in [5.41, 5.74) is 0.504. The van der Waals surface area contributed by atoms with E-state index in [-0.39, 0.29) is 17.4 Å². The van der Waals surface area contributed by atoms with E-state index in [1.807, 2.05) is 0 Å². The van der Waals surface area contributed by atoms with Crippen molar-refractivity contribution in [2.45, 2.75) is 26.1 Å². The van der Waals surface area contributed by atoms with Crippen LogP contribution in [0, 0.1) is 0 Å². The van der Waals surface area contributed by atoms with E-state index in [0.29, 0.717) is 23.6 Å². The highest BCUT2D eigenvalue weighted by Crippen LogP contribution is 2.30. The van der Waals surface area contributed by atoms with Gasteiger partial charge in [-0.2, -0.15) is 17.5 Å². The number of methoxy groups -OCH3 is 1. The van der Waals surface area contributed by atoms with Crippen LogP contribution in [0.5, 0.6) is 0 Å². The topological polar surface area (TPSA) is 93.3 Å². The van der Waals surface area contributed by atoms with Crippen molar-refractivity contribution in [3.05, 3.63) is 30.4 Å². The van der Waals surface area contributed by atoms with E-state index in [9.17, 15) is 22.8 Å². The van der Waals surface area contributed by atoms with Gasteiger partial charge in [-0.3, -0.25) is 9.59 Å². The number of hydrogen-bond donors (Lipinski definition) is 1. The van der Waals surface area contributed by atoms with Crippen LogP contribution >= 0.6 is 11.5 Å². The molecule has 0 atom stereocenters. The molecule has 11 heteroatoms. The zero-order valence-electron chi connectivity index (χ0n) is 13.3. The van der Waals surface area contributed by atoms with Crippen LogP contribution in [-0.2, 0) is 27.0 Å². The molecule has 25 heavy (non-hydrogen) atoms. The van der Waals surface area contributed by atoms with Crippen molar-refractivity contribution in [3.8, 4) is 10.6 Å². The van der Waals surface area contributed by atoms with Crippen molar-refractivity contribution in [3.63, 3.8) is 0 Å². The van der Waals surface area contributed by atoms with E-state index in [1.54, 1.807) is 29.1 Å². The zero-order valence-corrected chi connectivity index (χ0v) is 14.1. The molecule has 0 spiro atoms. The molecule has 2 heterocycles. The molecule has 0 saturated carbocycles. The number of carboxylic acids is 1. The van der Waals surface area contributed by atoms with E-state index >= 15 is 0 Å². The molecule has 1 N–H and O–H groups in total. The Hall–Kier alpha value is -2.56. The fourth-order valence-electron chi connectivity index (χ4n) is 1.43. The quantitative estimate of drug-likeness (QED) is 0.647. The van der Waals surface area contributed by atoms with Crippen LogP contribution in [0.4, 0.5) is 13.2 Å². The summed E-state index contributed by atoms with van der Waals surface area (Å²) >= 11 is 0.669. The number of aryl methyl sites for hydroxylation is 1. The summed E-state index contributed by atoms with van der Waals surface area (Å²) in [5.74, 6) is -2.31. The molecule has 0 bridgehead atoms. The first-order valence-electron chi connectivity index (χ1n) is 6.80. The maximum Gasteiger partial charge on any atom is 0.452 e. The van der Waals surface area contributed by atoms with Crippen molar-refractivity contribution in [1.82, 2.24) is 9.36 Å². The Kier molecular flexibility index (Phi) is 7.43. The summed E-state index contributed by atoms with van der Waals surface area (Å²) in [6.07, 6.45) is -1.40. The number of carbonyl (C=O) groups excluding carboxylic acids is 1. The van der Waals surface area contributed by atoms with Gasteiger partial charge in [-0.1, -0.05) is 0 Å². The smallest absolute Gasteiger partial charge is 0.452 e. The van der Waals surface area contributed by atoms with Gasteiger partial charge in [0.2, 0.25) is 5.82 Å². The molecule has 2 aromatic heterocycles. The van der Waals surface area contributed by atoms with Gasteiger partial charge >= 0.3 is 18.1 Å². The van der Waals surface area contributed by atoms with Gasteiger partial charge in [0.15, 0.2) is 18.9 Å². The summed E-state index contributed by atoms with van der Waals surface area (Å²) in [6.45, 7) is 1.65. The van der Waals surface area contributed by atoms with Crippen LogP contribution in [0.3, 0.4) is 0 Å². The molecular formula is C14H15F3N3O4S+. The summed E-state index contributed by atoms with van der Waals surface area (Å²) < 4.78 is 46.1. The zero-order chi connectivity index (χ0) is 19.0. The second kappa shape index (κ2) is 9.06. The first-order chi connectivity index (χ1) is 11.6. The fraction of sp³-hybridized carbons (Fsp3) is 0.357. The van der Waals surface area contributed by atoms with Gasteiger partial charge in [-0.15, -0.1) is 0 Å². The highest BCUT2D eigenvalue weighted by molar-refractivity contribution is 7.09. The number of aromatic nitrogens is 3. The second-order valence-electron chi connectivity index (χ2n) is 4.58. The van der Waals surface area contributed by atoms with Crippen molar-refractivity contribution >= 4 is 23.5 Å². The molecule has 0 unspecified atom stereocenters. The summed E-state index contributed by atoms with van der Waals surface area (Å²) in [7, 11) is 1.35. The van der Waals surface area contributed by atoms with Gasteiger partial charge in [0.1, 0.15) is 11.4 Å². The Labute approximate surface area is 144 Å². The Morgan fingerprint density at radius 1 is 1.32 bits per heavy atom. The first kappa shape index (κ1) is 20.5. The number of nitrogens with zero attached hydrogens (tertiary/aromatic N) is 3. The predicted octanol–water partition coefficient (Wildman–Crippen LogP) is 2.17. The van der Waals surface area contributed by atoms with Crippen molar-refractivity contribution in [2.75, 3.05) is 7.11 Å². The van der Waals surface area contributed by atoms with Gasteiger partial charge in [-0.05, 0) is 11.5 Å². The number of pyridine rings is 1. The Bertz CT molecular complexity index is 717. The number of hydrogen-bond acceptors (Lipinski definition) is 6. The van der Waals surface area contributed by atoms with Crippen LogP contribution in [-0.4, -0.2) is 33.5 Å². The molecule has 0 aliphatic heterocycles. The summed E-state index contributed by atoms with van der Waals surface area (Å²) in [6, 6.07) is 3.14. The highest BCUT2D eigenvalue weighted by atomic mass is 32.1. The number of aliphatic carboxylic acids is 1. The number of alkyl halides is 3. The third kappa shape index (κ3) is 7.25. The van der Waals surface area contributed by atoms with Crippen molar-refractivity contribution in [2.24, 2.45) is 0 Å². The average Bonchev–Trinajstić information content (AvgIpc) is 3.04. The monoisotopic (exact) mass is 378 g/mol. The lowest BCUT2D eigenvalue weighted by atomic mass is 10.3. The maximum absolute atomic E-state index is 12.4. The number of halogens is 3. The molecule has 2 aromatic rings. The lowest BCUT2D eigenvalue weighted by molar-refractivity contribution is -0.695. The van der Waals surface area contributed by atoms with Crippen LogP contribution in [0.2, 0.25) is 0 Å². The molecule has 0 fully saturated rings. The van der Waals surface area contributed by atoms with E-state index in [2.05, 4.69) is 14.1 Å². The molecule has 2 rings (SSSR count). The summed E-state index contributed by atoms with van der Waals surface area (Å²) in [4.78, 5) is 23.4. The van der Waals surface area contributed by atoms with Gasteiger partial charge in [0, 0.05) is 24.6 Å². The number of ether oxygens (including phenoxy) is 1. The highest BCUT2D eigenvalue weighted by Gasteiger charge is 2.36. The molecular weight excluding hydrogens is 363 g/mol. The number of rotatable bonds is 4. The average molecular weight is 378 g/mol. The van der Waals surface area contributed by atoms with Crippen LogP contribution < -0.4 is 4.57 Å². The lowest BCUT2D eigenvalue weighted by Crippen LogP contribution is -2.33. The molecule has 0 aromatic carbocycles. The summed E-state index contributed by atoms with van der Waals surface area (Å²) in [5, 5.41) is 8.72. The van der Waals surface area contributed by atoms with E-state index in [1.165, 1.54) is 14.0 Å². The maximum atomic E-state index is 12.4. The van der Waals surface area contributed by atoms with Gasteiger partial charge in [0.05, 0.1) is 7.11 Å². The molecule has 7 nitrogen and oxygen atoms in total. The fourth-order valence-corrected chi connectivity index (χ4v) is 2.12. The van der Waals surface area contributed by atoms with Crippen LogP contribution in [0.15, 0.2) is 24.5 Å². The SMILES string of the molecule is COC(C)=O.O=C(O)CC[n+]1ccc(-c2nc(C(F)(F)F)ns2)cc1. The molecule has 0 aliphatic rings. The first-order valence-corrected chi connectivity index (χ1v) is 7.57. The minimum atomic E-state index is -4.55. The lowest BCUT2D eigenvalue weighted by Gasteiger charge is -1.98. The van der Waals surface area contributed by atoms with Gasteiger partial charge in [0.25, 0.3) is 0 Å². The number of carbonyl (C=O) groups is 2. The largest absolute Gasteiger partial charge is 0.481 e. The van der Waals surface area contributed by atoms with E-state index < -0.39 is 18.0 Å². The second-order valence-corrected chi connectivity index (χ2v) is 5.34. The van der Waals surface area contributed by atoms with Gasteiger partial charge < -0.3 is 9.84 Å². The molecule has 136 valence electrons. The molecule has 0 amide bonds. The van der Waals surface area contributed by atoms with E-state index in [4.69, 9.17) is 5.11 Å². The molecule has 0 radical (unpaired) electrons. The standard InChI is InChI=1S/C11H8F3N3O2S.C3H6O2/c12-11(13,14)10-15-9(20-16-10)7-1-4-17(5-2-7)6-3-8(18)19;1-3(4)5-2/h1-2,4-5H,3,6H2;1-2H3/p+1. The third-order valence-electron chi connectivity index (χ3n) is 2.69. The van der Waals surface area contributed by atoms with Crippen molar-refractivity contribution < 1.29 is 37.2 Å². The normalized spacial score (nSPS) is 10.6. The predicted molar refractivity (Wildman–Crippen MR) is 80.5 cm³/mol. The third-order valence-corrected chi connectivity index (χ3v) is 3.45. The Balaban J connectivity index is 0.000000550.